The van der Waals surface area contributed by atoms with Crippen LogP contribution in [0.5, 0.6) is 0 Å². The highest BCUT2D eigenvalue weighted by molar-refractivity contribution is 6.22. The minimum Gasteiger partial charge on any atom is -0.414 e. The third-order valence-electron chi connectivity index (χ3n) is 6.52. The van der Waals surface area contributed by atoms with Gasteiger partial charge in [0.15, 0.2) is 5.78 Å². The van der Waals surface area contributed by atoms with E-state index in [1.807, 2.05) is 63.2 Å². The minimum absolute atomic E-state index is 0.0425. The first kappa shape index (κ1) is 18.5. The standard InChI is InChI=1S/C24H27N2O3/c1-24(2,3)29-23(28)26(13-15-11-25-12-16(15)14-26)17-8-9-19-18-6-4-5-7-20(18)22(27)21(19)10-17/h4-10,15-16,25H,11-14H2,1-3H3/q+1. The molecule has 5 heteroatoms. The van der Waals surface area contributed by atoms with Crippen LogP contribution in [-0.4, -0.2) is 43.7 Å². The Labute approximate surface area is 171 Å². The van der Waals surface area contributed by atoms with Crippen LogP contribution in [0.2, 0.25) is 0 Å². The van der Waals surface area contributed by atoms with Crippen molar-refractivity contribution in [2.24, 2.45) is 11.8 Å². The number of benzene rings is 2. The van der Waals surface area contributed by atoms with E-state index in [2.05, 4.69) is 5.32 Å². The molecule has 2 aromatic rings. The quantitative estimate of drug-likeness (QED) is 0.638. The van der Waals surface area contributed by atoms with Crippen molar-refractivity contribution in [1.82, 2.24) is 9.80 Å². The molecule has 2 fully saturated rings. The van der Waals surface area contributed by atoms with Gasteiger partial charge in [-0.1, -0.05) is 24.3 Å². The highest BCUT2D eigenvalue weighted by Gasteiger charge is 2.55. The maximum absolute atomic E-state index is 13.5. The van der Waals surface area contributed by atoms with E-state index in [1.54, 1.807) is 0 Å². The molecule has 1 amide bonds. The molecule has 2 atom stereocenters. The molecule has 2 unspecified atom stereocenters. The highest BCUT2D eigenvalue weighted by Crippen LogP contribution is 2.43. The molecule has 1 aliphatic carbocycles. The van der Waals surface area contributed by atoms with Crippen LogP contribution in [0.4, 0.5) is 10.5 Å². The minimum atomic E-state index is -0.554. The van der Waals surface area contributed by atoms with E-state index in [0.29, 0.717) is 30.5 Å². The molecule has 2 aliphatic heterocycles. The first-order valence-electron chi connectivity index (χ1n) is 10.4. The predicted octanol–water partition coefficient (Wildman–Crippen LogP) is 3.99. The highest BCUT2D eigenvalue weighted by atomic mass is 16.6. The second-order valence-corrected chi connectivity index (χ2v) is 9.60. The summed E-state index contributed by atoms with van der Waals surface area (Å²) >= 11 is 0. The second kappa shape index (κ2) is 6.25. The van der Waals surface area contributed by atoms with Gasteiger partial charge in [0.25, 0.3) is 0 Å². The van der Waals surface area contributed by atoms with Crippen LogP contribution in [0, 0.1) is 11.8 Å². The zero-order valence-electron chi connectivity index (χ0n) is 17.2. The Hall–Kier alpha value is -2.50. The summed E-state index contributed by atoms with van der Waals surface area (Å²) in [7, 11) is 0. The van der Waals surface area contributed by atoms with Gasteiger partial charge in [0, 0.05) is 48.2 Å². The van der Waals surface area contributed by atoms with Crippen molar-refractivity contribution in [2.75, 3.05) is 26.2 Å². The van der Waals surface area contributed by atoms with Gasteiger partial charge in [-0.25, -0.2) is 0 Å². The summed E-state index contributed by atoms with van der Waals surface area (Å²) in [4.78, 5) is 26.5. The number of carbonyl (C=O) groups excluding carboxylic acids is 2. The van der Waals surface area contributed by atoms with Gasteiger partial charge in [0.2, 0.25) is 0 Å². The zero-order valence-corrected chi connectivity index (χ0v) is 17.2. The van der Waals surface area contributed by atoms with Gasteiger partial charge in [-0.2, -0.15) is 9.28 Å². The molecule has 5 nitrogen and oxygen atoms in total. The van der Waals surface area contributed by atoms with Crippen LogP contribution < -0.4 is 9.80 Å². The maximum Gasteiger partial charge on any atom is 0.521 e. The van der Waals surface area contributed by atoms with Gasteiger partial charge in [0.1, 0.15) is 11.3 Å². The predicted molar refractivity (Wildman–Crippen MR) is 113 cm³/mol. The van der Waals surface area contributed by atoms with Gasteiger partial charge in [-0.05, 0) is 38.0 Å². The summed E-state index contributed by atoms with van der Waals surface area (Å²) in [5, 5.41) is 3.45. The molecular formula is C24H27N2O3+. The fraction of sp³-hybridized carbons (Fsp3) is 0.417. The third kappa shape index (κ3) is 2.83. The monoisotopic (exact) mass is 391 g/mol. The third-order valence-corrected chi connectivity index (χ3v) is 6.52. The van der Waals surface area contributed by atoms with E-state index in [0.717, 1.165) is 35.5 Å². The summed E-state index contributed by atoms with van der Waals surface area (Å²) in [6.07, 6.45) is -0.213. The van der Waals surface area contributed by atoms with Gasteiger partial charge < -0.3 is 10.1 Å². The smallest absolute Gasteiger partial charge is 0.414 e. The lowest BCUT2D eigenvalue weighted by molar-refractivity contribution is 0.0291. The van der Waals surface area contributed by atoms with Gasteiger partial charge in [-0.15, -0.1) is 0 Å². The number of quaternary nitrogens is 1. The molecule has 1 N–H and O–H groups in total. The summed E-state index contributed by atoms with van der Waals surface area (Å²) in [5.74, 6) is 0.938. The number of fused-ring (bicyclic) bond motifs is 4. The number of hydrogen-bond acceptors (Lipinski definition) is 4. The Balaban J connectivity index is 1.60. The van der Waals surface area contributed by atoms with E-state index in [9.17, 15) is 9.59 Å². The molecule has 3 aliphatic rings. The number of ether oxygens (including phenoxy) is 1. The van der Waals surface area contributed by atoms with Crippen LogP contribution >= 0.6 is 0 Å². The average molecular weight is 391 g/mol. The topological polar surface area (TPSA) is 55.4 Å². The normalized spacial score (nSPS) is 27.5. The van der Waals surface area contributed by atoms with Crippen molar-refractivity contribution in [1.29, 1.82) is 0 Å². The van der Waals surface area contributed by atoms with Gasteiger partial charge >= 0.3 is 6.09 Å². The average Bonchev–Trinajstić information content (AvgIpc) is 3.32. The molecule has 150 valence electrons. The largest absolute Gasteiger partial charge is 0.521 e. The fourth-order valence-corrected chi connectivity index (χ4v) is 5.19. The van der Waals surface area contributed by atoms with E-state index in [-0.39, 0.29) is 16.4 Å². The van der Waals surface area contributed by atoms with E-state index in [1.165, 1.54) is 0 Å². The Morgan fingerprint density at radius 2 is 1.59 bits per heavy atom. The molecule has 2 saturated heterocycles. The molecule has 0 aromatic heterocycles. The van der Waals surface area contributed by atoms with Gasteiger partial charge in [-0.3, -0.25) is 4.79 Å². The van der Waals surface area contributed by atoms with Crippen LogP contribution in [0.1, 0.15) is 36.7 Å². The molecule has 0 radical (unpaired) electrons. The summed E-state index contributed by atoms with van der Waals surface area (Å²) in [6, 6.07) is 13.7. The van der Waals surface area contributed by atoms with E-state index >= 15 is 0 Å². The maximum atomic E-state index is 13.5. The van der Waals surface area contributed by atoms with Crippen molar-refractivity contribution in [3.63, 3.8) is 0 Å². The second-order valence-electron chi connectivity index (χ2n) is 9.60. The lowest BCUT2D eigenvalue weighted by Crippen LogP contribution is -2.55. The Morgan fingerprint density at radius 3 is 2.24 bits per heavy atom. The number of amides is 1. The molecule has 29 heavy (non-hydrogen) atoms. The molecule has 2 heterocycles. The van der Waals surface area contributed by atoms with E-state index in [4.69, 9.17) is 4.74 Å². The SMILES string of the molecule is CC(C)(C)OC(=O)[N+]1(c2ccc3c(c2)C(=O)c2ccccc2-3)CC2CNCC2C1. The molecule has 2 aromatic carbocycles. The number of carbonyl (C=O) groups is 2. The molecule has 0 spiro atoms. The molecule has 0 saturated carbocycles. The molecule has 0 bridgehead atoms. The van der Waals surface area contributed by atoms with Crippen molar-refractivity contribution in [3.8, 4) is 11.1 Å². The zero-order chi connectivity index (χ0) is 20.4. The van der Waals surface area contributed by atoms with Crippen LogP contribution in [-0.2, 0) is 4.74 Å². The lowest BCUT2D eigenvalue weighted by atomic mass is 10.0. The number of ketones is 1. The number of hydrogen-bond donors (Lipinski definition) is 1. The number of rotatable bonds is 1. The molecule has 5 rings (SSSR count). The first-order chi connectivity index (χ1) is 13.8. The summed E-state index contributed by atoms with van der Waals surface area (Å²) in [6.45, 7) is 9.01. The van der Waals surface area contributed by atoms with E-state index < -0.39 is 5.60 Å². The van der Waals surface area contributed by atoms with Crippen molar-refractivity contribution >= 4 is 17.6 Å². The number of nitrogens with zero attached hydrogens (tertiary/aromatic N) is 1. The van der Waals surface area contributed by atoms with Gasteiger partial charge in [0.05, 0.1) is 13.1 Å². The fourth-order valence-electron chi connectivity index (χ4n) is 5.19. The Morgan fingerprint density at radius 1 is 0.966 bits per heavy atom. The van der Waals surface area contributed by atoms with Crippen LogP contribution in [0.15, 0.2) is 42.5 Å². The van der Waals surface area contributed by atoms with Crippen LogP contribution in [0.3, 0.4) is 0 Å². The van der Waals surface area contributed by atoms with Crippen LogP contribution in [0.25, 0.3) is 11.1 Å². The lowest BCUT2D eigenvalue weighted by Gasteiger charge is -2.33. The Kier molecular flexibility index (Phi) is 3.99. The van der Waals surface area contributed by atoms with Crippen molar-refractivity contribution in [3.05, 3.63) is 53.6 Å². The summed E-state index contributed by atoms with van der Waals surface area (Å²) in [5.41, 5.74) is 3.68. The number of nitrogens with one attached hydrogen (secondary N) is 1. The van der Waals surface area contributed by atoms with Crippen molar-refractivity contribution < 1.29 is 14.3 Å². The van der Waals surface area contributed by atoms with Crippen molar-refractivity contribution in [2.45, 2.75) is 26.4 Å². The molecular weight excluding hydrogens is 364 g/mol. The summed E-state index contributed by atoms with van der Waals surface area (Å²) < 4.78 is 6.05. The first-order valence-corrected chi connectivity index (χ1v) is 10.4. The Bertz CT molecular complexity index is 1010. The number of likely N-dealkylation sites (tertiary alicyclic amines) is 1.